The first-order valence-corrected chi connectivity index (χ1v) is 6.84. The largest absolute Gasteiger partial charge is 0.307 e. The Balaban J connectivity index is 1.71. The fraction of sp³-hybridized carbons (Fsp3) is 0.417. The zero-order chi connectivity index (χ0) is 12.4. The molecule has 0 spiro atoms. The maximum absolute atomic E-state index is 4.07. The zero-order valence-corrected chi connectivity index (χ0v) is 11.5. The highest BCUT2D eigenvalue weighted by atomic mass is 79.9. The summed E-state index contributed by atoms with van der Waals surface area (Å²) in [6, 6.07) is 8.79. The quantitative estimate of drug-likeness (QED) is 0.914. The molecule has 0 radical (unpaired) electrons. The second-order valence-corrected chi connectivity index (χ2v) is 5.35. The normalized spacial score (nSPS) is 14.9. The van der Waals surface area contributed by atoms with Crippen LogP contribution >= 0.6 is 15.9 Å². The Bertz CT molecular complexity index is 535. The number of halogens is 1. The van der Waals surface area contributed by atoms with Gasteiger partial charge in [0.25, 0.3) is 0 Å². The minimum Gasteiger partial charge on any atom is -0.307 e. The van der Waals surface area contributed by atoms with Crippen molar-refractivity contribution in [2.45, 2.75) is 32.0 Å². The van der Waals surface area contributed by atoms with Crippen molar-refractivity contribution < 1.29 is 0 Å². The Kier molecular flexibility index (Phi) is 3.38. The summed E-state index contributed by atoms with van der Waals surface area (Å²) in [5, 5.41) is 15.3. The van der Waals surface area contributed by atoms with Gasteiger partial charge in [-0.05, 0) is 34.9 Å². The molecule has 1 aliphatic rings. The molecule has 0 aliphatic heterocycles. The van der Waals surface area contributed by atoms with Crippen molar-refractivity contribution in [2.75, 3.05) is 0 Å². The highest BCUT2D eigenvalue weighted by molar-refractivity contribution is 9.10. The Morgan fingerprint density at radius 2 is 2.17 bits per heavy atom. The van der Waals surface area contributed by atoms with Crippen molar-refractivity contribution in [3.05, 3.63) is 40.1 Å². The van der Waals surface area contributed by atoms with Crippen LogP contribution in [-0.4, -0.2) is 26.2 Å². The molecule has 0 bridgehead atoms. The van der Waals surface area contributed by atoms with Crippen LogP contribution in [0.25, 0.3) is 0 Å². The number of nitrogens with zero attached hydrogens (tertiary/aromatic N) is 4. The van der Waals surface area contributed by atoms with Gasteiger partial charge in [0.2, 0.25) is 0 Å². The average molecular weight is 308 g/mol. The minimum atomic E-state index is 0.665. The molecule has 2 aromatic rings. The van der Waals surface area contributed by atoms with E-state index in [1.807, 2.05) is 22.9 Å². The highest BCUT2D eigenvalue weighted by Crippen LogP contribution is 2.19. The van der Waals surface area contributed by atoms with Gasteiger partial charge >= 0.3 is 0 Å². The topological polar surface area (TPSA) is 55.6 Å². The van der Waals surface area contributed by atoms with Gasteiger partial charge < -0.3 is 5.32 Å². The van der Waals surface area contributed by atoms with Crippen LogP contribution in [0.15, 0.2) is 28.7 Å². The van der Waals surface area contributed by atoms with Crippen LogP contribution in [0.4, 0.5) is 0 Å². The van der Waals surface area contributed by atoms with Crippen molar-refractivity contribution in [3.8, 4) is 0 Å². The predicted molar refractivity (Wildman–Crippen MR) is 70.9 cm³/mol. The molecule has 1 aromatic heterocycles. The van der Waals surface area contributed by atoms with Gasteiger partial charge in [-0.3, -0.25) is 0 Å². The first-order valence-electron chi connectivity index (χ1n) is 6.05. The second kappa shape index (κ2) is 5.16. The lowest BCUT2D eigenvalue weighted by Gasteiger charge is -2.07. The highest BCUT2D eigenvalue weighted by Gasteiger charge is 2.21. The molecule has 1 saturated carbocycles. The number of benzene rings is 1. The Hall–Kier alpha value is -1.27. The van der Waals surface area contributed by atoms with Gasteiger partial charge in [0.1, 0.15) is 0 Å². The third-order valence-electron chi connectivity index (χ3n) is 3.01. The van der Waals surface area contributed by atoms with Crippen LogP contribution in [0.1, 0.15) is 24.2 Å². The van der Waals surface area contributed by atoms with Gasteiger partial charge in [-0.15, -0.1) is 5.10 Å². The number of rotatable bonds is 5. The van der Waals surface area contributed by atoms with E-state index in [1.54, 1.807) is 0 Å². The van der Waals surface area contributed by atoms with E-state index in [1.165, 1.54) is 18.4 Å². The molecule has 1 heterocycles. The molecule has 0 unspecified atom stereocenters. The first-order chi connectivity index (χ1) is 8.83. The van der Waals surface area contributed by atoms with Crippen molar-refractivity contribution in [1.29, 1.82) is 0 Å². The maximum Gasteiger partial charge on any atom is 0.165 e. The summed E-state index contributed by atoms with van der Waals surface area (Å²) in [6.07, 6.45) is 2.54. The van der Waals surface area contributed by atoms with Crippen molar-refractivity contribution >= 4 is 15.9 Å². The van der Waals surface area contributed by atoms with E-state index in [9.17, 15) is 0 Å². The third kappa shape index (κ3) is 2.76. The molecule has 5 nitrogen and oxygen atoms in total. The van der Waals surface area contributed by atoms with Crippen LogP contribution in [0.5, 0.6) is 0 Å². The molecule has 0 atom stereocenters. The van der Waals surface area contributed by atoms with Crippen LogP contribution < -0.4 is 5.32 Å². The minimum absolute atomic E-state index is 0.665. The lowest BCUT2D eigenvalue weighted by Crippen LogP contribution is -2.19. The zero-order valence-electron chi connectivity index (χ0n) is 9.88. The van der Waals surface area contributed by atoms with E-state index < -0.39 is 0 Å². The van der Waals surface area contributed by atoms with Gasteiger partial charge in [0, 0.05) is 10.5 Å². The number of nitrogens with one attached hydrogen (secondary N) is 1. The van der Waals surface area contributed by atoms with E-state index in [0.717, 1.165) is 16.8 Å². The molecule has 1 N–H and O–H groups in total. The fourth-order valence-corrected chi connectivity index (χ4v) is 2.19. The van der Waals surface area contributed by atoms with Gasteiger partial charge in [0.15, 0.2) is 5.82 Å². The Morgan fingerprint density at radius 1 is 1.33 bits per heavy atom. The number of hydrogen-bond acceptors (Lipinski definition) is 4. The molecular weight excluding hydrogens is 294 g/mol. The number of tetrazole rings is 1. The summed E-state index contributed by atoms with van der Waals surface area (Å²) in [6.45, 7) is 1.43. The monoisotopic (exact) mass is 307 g/mol. The summed E-state index contributed by atoms with van der Waals surface area (Å²) < 4.78 is 2.93. The summed E-state index contributed by atoms with van der Waals surface area (Å²) in [4.78, 5) is 0. The summed E-state index contributed by atoms with van der Waals surface area (Å²) in [7, 11) is 0. The smallest absolute Gasteiger partial charge is 0.165 e. The van der Waals surface area contributed by atoms with Gasteiger partial charge in [-0.25, -0.2) is 4.68 Å². The molecule has 94 valence electrons. The van der Waals surface area contributed by atoms with Crippen LogP contribution in [0.3, 0.4) is 0 Å². The van der Waals surface area contributed by atoms with Gasteiger partial charge in [-0.1, -0.05) is 34.1 Å². The van der Waals surface area contributed by atoms with Gasteiger partial charge in [0.05, 0.1) is 13.1 Å². The molecule has 0 amide bonds. The second-order valence-electron chi connectivity index (χ2n) is 4.50. The summed E-state index contributed by atoms with van der Waals surface area (Å²) >= 11 is 3.54. The van der Waals surface area contributed by atoms with E-state index in [-0.39, 0.29) is 0 Å². The first kappa shape index (κ1) is 11.8. The lowest BCUT2D eigenvalue weighted by atomic mass is 10.2. The van der Waals surface area contributed by atoms with Crippen molar-refractivity contribution in [3.63, 3.8) is 0 Å². The molecule has 0 saturated heterocycles. The van der Waals surface area contributed by atoms with Crippen molar-refractivity contribution in [2.24, 2.45) is 0 Å². The van der Waals surface area contributed by atoms with Crippen LogP contribution in [0.2, 0.25) is 0 Å². The van der Waals surface area contributed by atoms with Crippen molar-refractivity contribution in [1.82, 2.24) is 25.5 Å². The SMILES string of the molecule is Brc1ccccc1Cn1nnnc1CNC1CC1. The lowest BCUT2D eigenvalue weighted by molar-refractivity contribution is 0.577. The molecule has 1 fully saturated rings. The maximum atomic E-state index is 4.07. The number of aromatic nitrogens is 4. The van der Waals surface area contributed by atoms with E-state index >= 15 is 0 Å². The predicted octanol–water partition coefficient (Wildman–Crippen LogP) is 1.74. The molecule has 6 heteroatoms. The average Bonchev–Trinajstić information content (AvgIpc) is 3.10. The molecule has 3 rings (SSSR count). The molecule has 18 heavy (non-hydrogen) atoms. The summed E-state index contributed by atoms with van der Waals surface area (Å²) in [5.41, 5.74) is 1.18. The summed E-state index contributed by atoms with van der Waals surface area (Å²) in [5.74, 6) is 0.887. The van der Waals surface area contributed by atoms with Crippen LogP contribution in [-0.2, 0) is 13.1 Å². The molecular formula is C12H14BrN5. The number of hydrogen-bond donors (Lipinski definition) is 1. The molecule has 1 aliphatic carbocycles. The van der Waals surface area contributed by atoms with E-state index in [2.05, 4.69) is 42.8 Å². The third-order valence-corrected chi connectivity index (χ3v) is 3.78. The Morgan fingerprint density at radius 3 is 2.94 bits per heavy atom. The van der Waals surface area contributed by atoms with E-state index in [0.29, 0.717) is 12.6 Å². The molecule has 1 aromatic carbocycles. The van der Waals surface area contributed by atoms with Crippen LogP contribution in [0, 0.1) is 0 Å². The Labute approximate surface area is 114 Å². The fourth-order valence-electron chi connectivity index (χ4n) is 1.78. The van der Waals surface area contributed by atoms with Gasteiger partial charge in [-0.2, -0.15) is 0 Å². The standard InChI is InChI=1S/C12H14BrN5/c13-11-4-2-1-3-9(11)8-18-12(15-16-17-18)7-14-10-5-6-10/h1-4,10,14H,5-8H2. The van der Waals surface area contributed by atoms with E-state index in [4.69, 9.17) is 0 Å².